The van der Waals surface area contributed by atoms with Gasteiger partial charge >= 0.3 is 0 Å². The minimum atomic E-state index is -1.14. The molecule has 0 radical (unpaired) electrons. The first kappa shape index (κ1) is 21.7. The zero-order valence-electron chi connectivity index (χ0n) is 16.7. The number of phenolic OH excluding ortho intramolecular Hbond substituents is 1. The van der Waals surface area contributed by atoms with Gasteiger partial charge in [0.2, 0.25) is 0 Å². The van der Waals surface area contributed by atoms with E-state index in [1.54, 1.807) is 6.07 Å². The maximum Gasteiger partial charge on any atom is 0.130 e. The van der Waals surface area contributed by atoms with Crippen molar-refractivity contribution in [2.24, 2.45) is 5.41 Å². The molecule has 1 aliphatic rings. The Labute approximate surface area is 183 Å². The number of hydrogen-bond acceptors (Lipinski definition) is 4. The molecule has 0 fully saturated rings. The lowest BCUT2D eigenvalue weighted by molar-refractivity contribution is 0.293. The highest BCUT2D eigenvalue weighted by molar-refractivity contribution is 9.10. The third-order valence-electron chi connectivity index (χ3n) is 5.68. The first-order chi connectivity index (χ1) is 13.4. The Morgan fingerprint density at radius 2 is 1.96 bits per heavy atom. The molecule has 1 aliphatic heterocycles. The first-order valence-corrected chi connectivity index (χ1v) is 13.1. The van der Waals surface area contributed by atoms with Gasteiger partial charge in [0, 0.05) is 22.5 Å². The standard InChI is InChI=1S/C22H28BrNO2S2/c1-4-6-11-22(5-2)14-24(17-9-7-16(23)8-10-17)18-12-20(27-3)19(25)13-21(18)28(26)15-22/h7-10,12-13,25H,4-6,11,14-15H2,1-3H3. The van der Waals surface area contributed by atoms with Gasteiger partial charge in [0.25, 0.3) is 0 Å². The van der Waals surface area contributed by atoms with Crippen LogP contribution in [0, 0.1) is 5.41 Å². The molecule has 3 rings (SSSR count). The van der Waals surface area contributed by atoms with Crippen LogP contribution >= 0.6 is 27.7 Å². The number of hydrogen-bond donors (Lipinski definition) is 1. The number of nitrogens with zero attached hydrogens (tertiary/aromatic N) is 1. The summed E-state index contributed by atoms with van der Waals surface area (Å²) in [5, 5.41) is 10.4. The van der Waals surface area contributed by atoms with E-state index in [4.69, 9.17) is 0 Å². The molecule has 0 amide bonds. The Morgan fingerprint density at radius 3 is 2.57 bits per heavy atom. The van der Waals surface area contributed by atoms with Crippen LogP contribution in [0.15, 0.2) is 50.7 Å². The summed E-state index contributed by atoms with van der Waals surface area (Å²) >= 11 is 5.04. The second kappa shape index (κ2) is 9.23. The lowest BCUT2D eigenvalue weighted by Crippen LogP contribution is -2.37. The highest BCUT2D eigenvalue weighted by atomic mass is 79.9. The van der Waals surface area contributed by atoms with Gasteiger partial charge in [-0.25, -0.2) is 0 Å². The van der Waals surface area contributed by atoms with E-state index in [1.165, 1.54) is 11.8 Å². The fourth-order valence-corrected chi connectivity index (χ4v) is 6.42. The van der Waals surface area contributed by atoms with E-state index < -0.39 is 10.8 Å². The molecule has 28 heavy (non-hydrogen) atoms. The van der Waals surface area contributed by atoms with Crippen molar-refractivity contribution in [3.05, 3.63) is 40.9 Å². The van der Waals surface area contributed by atoms with Crippen molar-refractivity contribution in [1.29, 1.82) is 0 Å². The van der Waals surface area contributed by atoms with Gasteiger partial charge in [-0.3, -0.25) is 4.21 Å². The molecule has 0 aromatic heterocycles. The maximum atomic E-state index is 13.4. The summed E-state index contributed by atoms with van der Waals surface area (Å²) in [6.07, 6.45) is 6.28. The smallest absolute Gasteiger partial charge is 0.130 e. The van der Waals surface area contributed by atoms with Crippen LogP contribution in [0.4, 0.5) is 11.4 Å². The molecule has 2 unspecified atom stereocenters. The number of anilines is 2. The summed E-state index contributed by atoms with van der Waals surface area (Å²) < 4.78 is 14.4. The maximum absolute atomic E-state index is 13.4. The third-order valence-corrected chi connectivity index (χ3v) is 8.66. The van der Waals surface area contributed by atoms with Crippen molar-refractivity contribution in [3.8, 4) is 5.75 Å². The fraction of sp³-hybridized carbons (Fsp3) is 0.455. The molecule has 6 heteroatoms. The zero-order chi connectivity index (χ0) is 20.3. The topological polar surface area (TPSA) is 40.5 Å². The number of rotatable bonds is 6. The van der Waals surface area contributed by atoms with Crippen LogP contribution < -0.4 is 4.90 Å². The Hall–Kier alpha value is -0.980. The highest BCUT2D eigenvalue weighted by Gasteiger charge is 2.38. The van der Waals surface area contributed by atoms with Gasteiger partial charge in [0.15, 0.2) is 0 Å². The SMILES string of the molecule is CCCCC1(CC)CN(c2ccc(Br)cc2)c2cc(SC)c(O)cc2S(=O)C1. The van der Waals surface area contributed by atoms with Crippen molar-refractivity contribution in [2.75, 3.05) is 23.5 Å². The molecule has 2 atom stereocenters. The van der Waals surface area contributed by atoms with E-state index in [9.17, 15) is 9.32 Å². The highest BCUT2D eigenvalue weighted by Crippen LogP contribution is 2.45. The minimum absolute atomic E-state index is 0.0118. The van der Waals surface area contributed by atoms with E-state index in [0.717, 1.165) is 57.9 Å². The molecule has 0 saturated carbocycles. The fourth-order valence-electron chi connectivity index (χ4n) is 3.86. The van der Waals surface area contributed by atoms with Gasteiger partial charge < -0.3 is 10.0 Å². The average Bonchev–Trinajstić information content (AvgIpc) is 2.81. The number of fused-ring (bicyclic) bond motifs is 1. The predicted molar refractivity (Wildman–Crippen MR) is 125 cm³/mol. The summed E-state index contributed by atoms with van der Waals surface area (Å²) in [5.74, 6) is 0.856. The number of thioether (sulfide) groups is 1. The van der Waals surface area contributed by atoms with Gasteiger partial charge in [0.1, 0.15) is 5.75 Å². The molecular weight excluding hydrogens is 454 g/mol. The van der Waals surface area contributed by atoms with Crippen LogP contribution in [-0.4, -0.2) is 27.9 Å². The van der Waals surface area contributed by atoms with Crippen LogP contribution in [0.2, 0.25) is 0 Å². The summed E-state index contributed by atoms with van der Waals surface area (Å²) in [6.45, 7) is 5.26. The lowest BCUT2D eigenvalue weighted by Gasteiger charge is -2.36. The molecule has 3 nitrogen and oxygen atoms in total. The summed E-state index contributed by atoms with van der Waals surface area (Å²) in [4.78, 5) is 3.87. The number of aromatic hydroxyl groups is 1. The quantitative estimate of drug-likeness (QED) is 0.464. The monoisotopic (exact) mass is 481 g/mol. The molecule has 152 valence electrons. The lowest BCUT2D eigenvalue weighted by atomic mass is 9.81. The largest absolute Gasteiger partial charge is 0.507 e. The van der Waals surface area contributed by atoms with Gasteiger partial charge in [-0.1, -0.05) is 42.6 Å². The van der Waals surface area contributed by atoms with E-state index >= 15 is 0 Å². The second-order valence-corrected chi connectivity index (χ2v) is 10.7. The van der Waals surface area contributed by atoms with Crippen molar-refractivity contribution in [1.82, 2.24) is 0 Å². The molecule has 0 aliphatic carbocycles. The molecule has 1 N–H and O–H groups in total. The first-order valence-electron chi connectivity index (χ1n) is 9.75. The Balaban J connectivity index is 2.18. The molecule has 1 heterocycles. The number of benzene rings is 2. The van der Waals surface area contributed by atoms with Crippen LogP contribution in [-0.2, 0) is 10.8 Å². The van der Waals surface area contributed by atoms with Crippen molar-refractivity contribution >= 4 is 49.9 Å². The normalized spacial score (nSPS) is 22.0. The van der Waals surface area contributed by atoms with Crippen LogP contribution in [0.25, 0.3) is 0 Å². The zero-order valence-corrected chi connectivity index (χ0v) is 19.9. The van der Waals surface area contributed by atoms with Gasteiger partial charge in [0.05, 0.1) is 26.3 Å². The van der Waals surface area contributed by atoms with Crippen molar-refractivity contribution in [2.45, 2.75) is 49.3 Å². The molecule has 0 bridgehead atoms. The second-order valence-electron chi connectivity index (χ2n) is 7.50. The summed E-state index contributed by atoms with van der Waals surface area (Å²) in [6, 6.07) is 12.0. The van der Waals surface area contributed by atoms with Gasteiger partial charge in [-0.2, -0.15) is 0 Å². The van der Waals surface area contributed by atoms with Crippen LogP contribution in [0.5, 0.6) is 5.75 Å². The average molecular weight is 483 g/mol. The van der Waals surface area contributed by atoms with Gasteiger partial charge in [-0.05, 0) is 60.9 Å². The summed E-state index contributed by atoms with van der Waals surface area (Å²) in [5.41, 5.74) is 2.03. The number of phenols is 1. The summed E-state index contributed by atoms with van der Waals surface area (Å²) in [7, 11) is -1.14. The van der Waals surface area contributed by atoms with E-state index in [2.05, 4.69) is 46.8 Å². The molecule has 2 aromatic rings. The Kier molecular flexibility index (Phi) is 7.16. The predicted octanol–water partition coefficient (Wildman–Crippen LogP) is 6.72. The van der Waals surface area contributed by atoms with E-state index in [-0.39, 0.29) is 11.2 Å². The molecule has 0 spiro atoms. The van der Waals surface area contributed by atoms with Crippen LogP contribution in [0.3, 0.4) is 0 Å². The van der Waals surface area contributed by atoms with Crippen molar-refractivity contribution < 1.29 is 9.32 Å². The number of halogens is 1. The molecule has 0 saturated heterocycles. The van der Waals surface area contributed by atoms with Gasteiger partial charge in [-0.15, -0.1) is 11.8 Å². The van der Waals surface area contributed by atoms with E-state index in [0.29, 0.717) is 5.75 Å². The Morgan fingerprint density at radius 1 is 1.25 bits per heavy atom. The molecular formula is C22H28BrNO2S2. The number of unbranched alkanes of at least 4 members (excludes halogenated alkanes) is 1. The third kappa shape index (κ3) is 4.44. The van der Waals surface area contributed by atoms with E-state index in [1.807, 2.05) is 24.5 Å². The molecule has 2 aromatic carbocycles. The minimum Gasteiger partial charge on any atom is -0.507 e. The Bertz CT molecular complexity index is 856. The van der Waals surface area contributed by atoms with Crippen LogP contribution in [0.1, 0.15) is 39.5 Å². The van der Waals surface area contributed by atoms with Crippen molar-refractivity contribution in [3.63, 3.8) is 0 Å².